The lowest BCUT2D eigenvalue weighted by Crippen LogP contribution is -2.13. The summed E-state index contributed by atoms with van der Waals surface area (Å²) in [5, 5.41) is 6.16. The summed E-state index contributed by atoms with van der Waals surface area (Å²) in [6, 6.07) is 15.3. The van der Waals surface area contributed by atoms with Crippen LogP contribution in [0.5, 0.6) is 0 Å². The minimum atomic E-state index is 1.09. The van der Waals surface area contributed by atoms with E-state index < -0.39 is 0 Å². The molecule has 0 aliphatic carbocycles. The fourth-order valence-corrected chi connectivity index (χ4v) is 2.43. The number of rotatable bonds is 7. The van der Waals surface area contributed by atoms with E-state index >= 15 is 0 Å². The van der Waals surface area contributed by atoms with Gasteiger partial charge in [0.1, 0.15) is 0 Å². The van der Waals surface area contributed by atoms with Gasteiger partial charge in [-0.2, -0.15) is 0 Å². The number of unbranched alkanes of at least 4 members (excludes halogenated alkanes) is 2. The Hall–Kier alpha value is -1.34. The van der Waals surface area contributed by atoms with Crippen LogP contribution in [0.15, 0.2) is 42.5 Å². The van der Waals surface area contributed by atoms with Crippen molar-refractivity contribution in [3.05, 3.63) is 48.0 Å². The standard InChI is InChI=1S/C17H23N/c1-2-18-14-7-3-4-9-15-11-8-12-16-10-5-6-13-17(15)16/h5-6,8,10-13,18H,2-4,7,9,14H2,1H3. The van der Waals surface area contributed by atoms with E-state index in [1.54, 1.807) is 0 Å². The molecule has 18 heavy (non-hydrogen) atoms. The van der Waals surface area contributed by atoms with Gasteiger partial charge in [-0.3, -0.25) is 0 Å². The van der Waals surface area contributed by atoms with Crippen LogP contribution in [0.25, 0.3) is 10.8 Å². The molecule has 96 valence electrons. The molecule has 0 aromatic heterocycles. The van der Waals surface area contributed by atoms with E-state index in [2.05, 4.69) is 54.7 Å². The molecule has 0 radical (unpaired) electrons. The van der Waals surface area contributed by atoms with E-state index in [1.807, 2.05) is 0 Å². The van der Waals surface area contributed by atoms with Gasteiger partial charge in [0.15, 0.2) is 0 Å². The van der Waals surface area contributed by atoms with Gasteiger partial charge in [-0.1, -0.05) is 55.8 Å². The topological polar surface area (TPSA) is 12.0 Å². The minimum absolute atomic E-state index is 1.09. The maximum absolute atomic E-state index is 3.38. The first-order chi connectivity index (χ1) is 8.92. The van der Waals surface area contributed by atoms with Gasteiger partial charge in [0.25, 0.3) is 0 Å². The second kappa shape index (κ2) is 7.17. The third-order valence-electron chi connectivity index (χ3n) is 3.43. The monoisotopic (exact) mass is 241 g/mol. The van der Waals surface area contributed by atoms with E-state index in [9.17, 15) is 0 Å². The van der Waals surface area contributed by atoms with Crippen LogP contribution in [0.1, 0.15) is 31.7 Å². The van der Waals surface area contributed by atoms with Crippen LogP contribution in [0.4, 0.5) is 0 Å². The summed E-state index contributed by atoms with van der Waals surface area (Å²) in [5.74, 6) is 0. The molecule has 1 nitrogen and oxygen atoms in total. The maximum atomic E-state index is 3.38. The SMILES string of the molecule is CCNCCCCCc1cccc2ccccc12. The first-order valence-electron chi connectivity index (χ1n) is 7.09. The molecule has 2 rings (SSSR count). The van der Waals surface area contributed by atoms with Crippen LogP contribution in [-0.4, -0.2) is 13.1 Å². The predicted octanol–water partition coefficient (Wildman–Crippen LogP) is 4.16. The first kappa shape index (κ1) is 13.1. The molecule has 0 fully saturated rings. The highest BCUT2D eigenvalue weighted by atomic mass is 14.8. The van der Waals surface area contributed by atoms with E-state index in [0.29, 0.717) is 0 Å². The Morgan fingerprint density at radius 3 is 2.61 bits per heavy atom. The Kier molecular flexibility index (Phi) is 5.22. The number of benzene rings is 2. The third-order valence-corrected chi connectivity index (χ3v) is 3.43. The summed E-state index contributed by atoms with van der Waals surface area (Å²) in [7, 11) is 0. The quantitative estimate of drug-likeness (QED) is 0.718. The Morgan fingerprint density at radius 2 is 1.72 bits per heavy atom. The van der Waals surface area contributed by atoms with Gasteiger partial charge in [0, 0.05) is 0 Å². The lowest BCUT2D eigenvalue weighted by Gasteiger charge is -2.06. The van der Waals surface area contributed by atoms with Crippen LogP contribution in [-0.2, 0) is 6.42 Å². The van der Waals surface area contributed by atoms with Crippen molar-refractivity contribution in [2.24, 2.45) is 0 Å². The molecular formula is C17H23N. The van der Waals surface area contributed by atoms with Crippen molar-refractivity contribution in [2.75, 3.05) is 13.1 Å². The predicted molar refractivity (Wildman–Crippen MR) is 80.0 cm³/mol. The summed E-state index contributed by atoms with van der Waals surface area (Å²) in [6.07, 6.45) is 5.10. The molecule has 0 aliphatic rings. The smallest absolute Gasteiger partial charge is 0.00490 e. The normalized spacial score (nSPS) is 10.9. The van der Waals surface area contributed by atoms with Crippen LogP contribution in [0.2, 0.25) is 0 Å². The highest BCUT2D eigenvalue weighted by Gasteiger charge is 1.99. The Balaban J connectivity index is 1.88. The van der Waals surface area contributed by atoms with E-state index in [0.717, 1.165) is 13.1 Å². The molecule has 0 atom stereocenters. The molecule has 2 aromatic rings. The van der Waals surface area contributed by atoms with E-state index in [4.69, 9.17) is 0 Å². The molecule has 0 heterocycles. The second-order valence-electron chi connectivity index (χ2n) is 4.80. The van der Waals surface area contributed by atoms with Crippen molar-refractivity contribution in [3.63, 3.8) is 0 Å². The zero-order valence-electron chi connectivity index (χ0n) is 11.3. The number of hydrogen-bond acceptors (Lipinski definition) is 1. The third kappa shape index (κ3) is 3.58. The molecule has 1 N–H and O–H groups in total. The number of nitrogens with one attached hydrogen (secondary N) is 1. The van der Waals surface area contributed by atoms with Gasteiger partial charge < -0.3 is 5.32 Å². The van der Waals surface area contributed by atoms with Crippen LogP contribution < -0.4 is 5.32 Å². The average molecular weight is 241 g/mol. The summed E-state index contributed by atoms with van der Waals surface area (Å²) in [4.78, 5) is 0. The van der Waals surface area contributed by atoms with Crippen molar-refractivity contribution in [2.45, 2.75) is 32.6 Å². The minimum Gasteiger partial charge on any atom is -0.317 e. The molecule has 2 aromatic carbocycles. The van der Waals surface area contributed by atoms with E-state index in [1.165, 1.54) is 42.0 Å². The van der Waals surface area contributed by atoms with Crippen molar-refractivity contribution >= 4 is 10.8 Å². The lowest BCUT2D eigenvalue weighted by atomic mass is 10.00. The number of fused-ring (bicyclic) bond motifs is 1. The van der Waals surface area contributed by atoms with Crippen molar-refractivity contribution in [1.82, 2.24) is 5.32 Å². The molecule has 0 saturated heterocycles. The molecule has 0 bridgehead atoms. The highest BCUT2D eigenvalue weighted by molar-refractivity contribution is 5.85. The Bertz CT molecular complexity index is 470. The van der Waals surface area contributed by atoms with Gasteiger partial charge in [-0.05, 0) is 48.7 Å². The summed E-state index contributed by atoms with van der Waals surface area (Å²) in [6.45, 7) is 4.41. The maximum Gasteiger partial charge on any atom is -0.00490 e. The highest BCUT2D eigenvalue weighted by Crippen LogP contribution is 2.20. The summed E-state index contributed by atoms with van der Waals surface area (Å²) >= 11 is 0. The molecule has 0 unspecified atom stereocenters. The number of aryl methyl sites for hydroxylation is 1. The van der Waals surface area contributed by atoms with Gasteiger partial charge in [0.05, 0.1) is 0 Å². The summed E-state index contributed by atoms with van der Waals surface area (Å²) in [5.41, 5.74) is 1.50. The van der Waals surface area contributed by atoms with Gasteiger partial charge in [-0.25, -0.2) is 0 Å². The Morgan fingerprint density at radius 1 is 0.889 bits per heavy atom. The zero-order valence-corrected chi connectivity index (χ0v) is 11.3. The number of hydrogen-bond donors (Lipinski definition) is 1. The van der Waals surface area contributed by atoms with Crippen LogP contribution in [0, 0.1) is 0 Å². The molecule has 1 heteroatoms. The molecule has 0 aliphatic heterocycles. The lowest BCUT2D eigenvalue weighted by molar-refractivity contribution is 0.617. The molecular weight excluding hydrogens is 218 g/mol. The van der Waals surface area contributed by atoms with Crippen molar-refractivity contribution in [1.29, 1.82) is 0 Å². The largest absolute Gasteiger partial charge is 0.317 e. The van der Waals surface area contributed by atoms with Crippen molar-refractivity contribution in [3.8, 4) is 0 Å². The molecule has 0 saturated carbocycles. The zero-order chi connectivity index (χ0) is 12.6. The van der Waals surface area contributed by atoms with Crippen molar-refractivity contribution < 1.29 is 0 Å². The second-order valence-corrected chi connectivity index (χ2v) is 4.80. The first-order valence-corrected chi connectivity index (χ1v) is 7.09. The Labute approximate surface area is 110 Å². The summed E-state index contributed by atoms with van der Waals surface area (Å²) < 4.78 is 0. The molecule has 0 amide bonds. The fraction of sp³-hybridized carbons (Fsp3) is 0.412. The van der Waals surface area contributed by atoms with Crippen LogP contribution in [0.3, 0.4) is 0 Å². The average Bonchev–Trinajstić information content (AvgIpc) is 2.43. The van der Waals surface area contributed by atoms with Gasteiger partial charge >= 0.3 is 0 Å². The van der Waals surface area contributed by atoms with E-state index in [-0.39, 0.29) is 0 Å². The van der Waals surface area contributed by atoms with Gasteiger partial charge in [-0.15, -0.1) is 0 Å². The van der Waals surface area contributed by atoms with Gasteiger partial charge in [0.2, 0.25) is 0 Å². The molecule has 0 spiro atoms. The fourth-order valence-electron chi connectivity index (χ4n) is 2.43. The van der Waals surface area contributed by atoms with Crippen LogP contribution >= 0.6 is 0 Å².